The summed E-state index contributed by atoms with van der Waals surface area (Å²) in [6.07, 6.45) is 3.95. The van der Waals surface area contributed by atoms with E-state index in [0.717, 1.165) is 42.4 Å². The zero-order valence-corrected chi connectivity index (χ0v) is 16.5. The van der Waals surface area contributed by atoms with Gasteiger partial charge in [0.25, 0.3) is 0 Å². The normalized spacial score (nSPS) is 22.8. The van der Waals surface area contributed by atoms with E-state index >= 15 is 0 Å². The quantitative estimate of drug-likeness (QED) is 0.777. The number of hydrogen-bond donors (Lipinski definition) is 2. The summed E-state index contributed by atoms with van der Waals surface area (Å²) >= 11 is 3.43. The van der Waals surface area contributed by atoms with Gasteiger partial charge in [-0.25, -0.2) is 13.1 Å². The van der Waals surface area contributed by atoms with Crippen molar-refractivity contribution in [3.8, 4) is 0 Å². The second-order valence-corrected chi connectivity index (χ2v) is 10.7. The summed E-state index contributed by atoms with van der Waals surface area (Å²) in [6, 6.07) is 8.27. The maximum absolute atomic E-state index is 12.2. The van der Waals surface area contributed by atoms with Crippen LogP contribution in [0.25, 0.3) is 0 Å². The van der Waals surface area contributed by atoms with Gasteiger partial charge in [0.1, 0.15) is 0 Å². The van der Waals surface area contributed by atoms with Crippen LogP contribution in [0.5, 0.6) is 0 Å². The molecule has 0 heterocycles. The Balaban J connectivity index is 1.77. The van der Waals surface area contributed by atoms with Crippen molar-refractivity contribution in [2.45, 2.75) is 57.2 Å². The Labute approximate surface area is 148 Å². The second-order valence-electron chi connectivity index (χ2n) is 7.34. The minimum absolute atomic E-state index is 0.0863. The highest BCUT2D eigenvalue weighted by Gasteiger charge is 2.32. The van der Waals surface area contributed by atoms with Crippen LogP contribution in [0.15, 0.2) is 28.7 Å². The number of halogens is 1. The molecule has 0 aromatic heterocycles. The summed E-state index contributed by atoms with van der Waals surface area (Å²) in [6.45, 7) is 6.16. The standard InChI is InChI=1S/C17H27BrN2O2S/c1-17(2,3)23(21,22)20-16-8-4-13(5-9-16)12-19-15-10-6-14(18)7-11-15/h6-7,10-11,13,16,19-20H,4-5,8-9,12H2,1-3H3. The molecule has 0 amide bonds. The van der Waals surface area contributed by atoms with Crippen LogP contribution in [0.2, 0.25) is 0 Å². The Hall–Kier alpha value is -0.590. The number of anilines is 1. The van der Waals surface area contributed by atoms with E-state index in [1.54, 1.807) is 20.8 Å². The van der Waals surface area contributed by atoms with Crippen molar-refractivity contribution >= 4 is 31.6 Å². The molecule has 2 N–H and O–H groups in total. The highest BCUT2D eigenvalue weighted by atomic mass is 79.9. The summed E-state index contributed by atoms with van der Waals surface area (Å²) in [5.41, 5.74) is 1.13. The molecule has 0 bridgehead atoms. The Kier molecular flexibility index (Phi) is 6.14. The van der Waals surface area contributed by atoms with E-state index in [0.29, 0.717) is 5.92 Å². The molecule has 4 nitrogen and oxygen atoms in total. The molecule has 0 radical (unpaired) electrons. The van der Waals surface area contributed by atoms with Gasteiger partial charge in [-0.15, -0.1) is 0 Å². The zero-order valence-electron chi connectivity index (χ0n) is 14.1. The Morgan fingerprint density at radius 2 is 1.65 bits per heavy atom. The molecule has 0 aliphatic heterocycles. The van der Waals surface area contributed by atoms with E-state index < -0.39 is 14.8 Å². The Morgan fingerprint density at radius 1 is 1.09 bits per heavy atom. The number of benzene rings is 1. The second kappa shape index (κ2) is 7.53. The monoisotopic (exact) mass is 402 g/mol. The summed E-state index contributed by atoms with van der Waals surface area (Å²) in [7, 11) is -3.24. The molecule has 1 fully saturated rings. The summed E-state index contributed by atoms with van der Waals surface area (Å²) in [4.78, 5) is 0. The number of nitrogens with one attached hydrogen (secondary N) is 2. The number of hydrogen-bond acceptors (Lipinski definition) is 3. The molecule has 2 rings (SSSR count). The van der Waals surface area contributed by atoms with Crippen molar-refractivity contribution in [2.24, 2.45) is 5.92 Å². The van der Waals surface area contributed by atoms with Crippen molar-refractivity contribution in [3.05, 3.63) is 28.7 Å². The predicted molar refractivity (Wildman–Crippen MR) is 100 cm³/mol. The van der Waals surface area contributed by atoms with Gasteiger partial charge in [-0.05, 0) is 76.6 Å². The minimum atomic E-state index is -3.24. The third-order valence-electron chi connectivity index (χ3n) is 4.41. The highest BCUT2D eigenvalue weighted by molar-refractivity contribution is 9.10. The topological polar surface area (TPSA) is 58.2 Å². The van der Waals surface area contributed by atoms with Crippen LogP contribution in [0.4, 0.5) is 5.69 Å². The molecular weight excluding hydrogens is 376 g/mol. The van der Waals surface area contributed by atoms with Gasteiger partial charge in [0.05, 0.1) is 4.75 Å². The van der Waals surface area contributed by atoms with E-state index in [1.165, 1.54) is 0 Å². The fourth-order valence-corrected chi connectivity index (χ4v) is 4.00. The fraction of sp³-hybridized carbons (Fsp3) is 0.647. The lowest BCUT2D eigenvalue weighted by Gasteiger charge is -2.31. The van der Waals surface area contributed by atoms with E-state index in [1.807, 2.05) is 12.1 Å². The Bertz CT molecular complexity index is 600. The first kappa shape index (κ1) is 18.7. The van der Waals surface area contributed by atoms with Gasteiger partial charge >= 0.3 is 0 Å². The van der Waals surface area contributed by atoms with Crippen molar-refractivity contribution in [1.29, 1.82) is 0 Å². The first-order valence-electron chi connectivity index (χ1n) is 8.19. The lowest BCUT2D eigenvalue weighted by atomic mass is 9.86. The fourth-order valence-electron chi connectivity index (χ4n) is 2.71. The summed E-state index contributed by atoms with van der Waals surface area (Å²) < 4.78 is 27.6. The summed E-state index contributed by atoms with van der Waals surface area (Å²) in [5.74, 6) is 0.606. The molecule has 0 spiro atoms. The number of sulfonamides is 1. The first-order chi connectivity index (χ1) is 10.7. The van der Waals surface area contributed by atoms with E-state index in [-0.39, 0.29) is 6.04 Å². The smallest absolute Gasteiger partial charge is 0.216 e. The number of rotatable bonds is 5. The van der Waals surface area contributed by atoms with E-state index in [4.69, 9.17) is 0 Å². The molecule has 0 saturated heterocycles. The summed E-state index contributed by atoms with van der Waals surface area (Å²) in [5, 5.41) is 3.47. The third-order valence-corrected chi connectivity index (χ3v) is 7.20. The lowest BCUT2D eigenvalue weighted by molar-refractivity contribution is 0.322. The van der Waals surface area contributed by atoms with Crippen LogP contribution < -0.4 is 10.0 Å². The molecule has 130 valence electrons. The van der Waals surface area contributed by atoms with Crippen molar-refractivity contribution in [2.75, 3.05) is 11.9 Å². The van der Waals surface area contributed by atoms with Crippen LogP contribution in [-0.2, 0) is 10.0 Å². The van der Waals surface area contributed by atoms with Crippen LogP contribution >= 0.6 is 15.9 Å². The molecule has 1 aromatic carbocycles. The van der Waals surface area contributed by atoms with Gasteiger partial charge in [-0.1, -0.05) is 15.9 Å². The SMILES string of the molecule is CC(C)(C)S(=O)(=O)NC1CCC(CNc2ccc(Br)cc2)CC1. The van der Waals surface area contributed by atoms with Crippen molar-refractivity contribution in [1.82, 2.24) is 4.72 Å². The molecule has 1 aromatic rings. The van der Waals surface area contributed by atoms with Crippen molar-refractivity contribution < 1.29 is 8.42 Å². The van der Waals surface area contributed by atoms with Gasteiger partial charge in [-0.2, -0.15) is 0 Å². The van der Waals surface area contributed by atoms with E-state index in [2.05, 4.69) is 38.1 Å². The molecule has 23 heavy (non-hydrogen) atoms. The Morgan fingerprint density at radius 3 is 2.17 bits per heavy atom. The predicted octanol–water partition coefficient (Wildman–Crippen LogP) is 4.14. The molecule has 0 unspecified atom stereocenters. The van der Waals surface area contributed by atoms with Crippen LogP contribution in [0.3, 0.4) is 0 Å². The van der Waals surface area contributed by atoms with Crippen LogP contribution in [0, 0.1) is 5.92 Å². The molecular formula is C17H27BrN2O2S. The maximum atomic E-state index is 12.2. The molecule has 6 heteroatoms. The van der Waals surface area contributed by atoms with Gasteiger partial charge in [0.2, 0.25) is 10.0 Å². The third kappa shape index (κ3) is 5.47. The van der Waals surface area contributed by atoms with Gasteiger partial charge in [-0.3, -0.25) is 0 Å². The van der Waals surface area contributed by atoms with Gasteiger partial charge in [0.15, 0.2) is 0 Å². The first-order valence-corrected chi connectivity index (χ1v) is 10.5. The maximum Gasteiger partial charge on any atom is 0.216 e. The average molecular weight is 403 g/mol. The largest absolute Gasteiger partial charge is 0.385 e. The molecule has 0 atom stereocenters. The van der Waals surface area contributed by atoms with Crippen LogP contribution in [-0.4, -0.2) is 25.8 Å². The highest BCUT2D eigenvalue weighted by Crippen LogP contribution is 2.27. The lowest BCUT2D eigenvalue weighted by Crippen LogP contribution is -2.46. The van der Waals surface area contributed by atoms with Gasteiger partial charge < -0.3 is 5.32 Å². The van der Waals surface area contributed by atoms with Gasteiger partial charge in [0, 0.05) is 22.7 Å². The molecule has 1 aliphatic rings. The molecule has 1 aliphatic carbocycles. The average Bonchev–Trinajstić information content (AvgIpc) is 2.47. The van der Waals surface area contributed by atoms with Crippen LogP contribution in [0.1, 0.15) is 46.5 Å². The van der Waals surface area contributed by atoms with E-state index in [9.17, 15) is 8.42 Å². The zero-order chi connectivity index (χ0) is 17.1. The minimum Gasteiger partial charge on any atom is -0.385 e. The van der Waals surface area contributed by atoms with Crippen molar-refractivity contribution in [3.63, 3.8) is 0 Å². The molecule has 1 saturated carbocycles.